The molecule has 0 aromatic carbocycles. The van der Waals surface area contributed by atoms with Crippen LogP contribution in [0.4, 0.5) is 0 Å². The lowest BCUT2D eigenvalue weighted by atomic mass is 10.1. The number of hydrogen-bond donors (Lipinski definition) is 1. The first-order valence-corrected chi connectivity index (χ1v) is 9.15. The predicted octanol–water partition coefficient (Wildman–Crippen LogP) is 1.03. The van der Waals surface area contributed by atoms with Crippen LogP contribution in [0.2, 0.25) is 0 Å². The molecule has 27 heavy (non-hydrogen) atoms. The van der Waals surface area contributed by atoms with Gasteiger partial charge >= 0.3 is 0 Å². The lowest BCUT2D eigenvalue weighted by molar-refractivity contribution is -0.130. The summed E-state index contributed by atoms with van der Waals surface area (Å²) in [6.07, 6.45) is 4.90. The van der Waals surface area contributed by atoms with Gasteiger partial charge in [-0.3, -0.25) is 14.3 Å². The van der Waals surface area contributed by atoms with E-state index in [1.807, 2.05) is 18.7 Å². The van der Waals surface area contributed by atoms with Crippen LogP contribution in [0, 0.1) is 0 Å². The van der Waals surface area contributed by atoms with Crippen LogP contribution in [0.25, 0.3) is 5.95 Å². The summed E-state index contributed by atoms with van der Waals surface area (Å²) >= 11 is 0. The summed E-state index contributed by atoms with van der Waals surface area (Å²) in [5, 5.41) is 10.4. The van der Waals surface area contributed by atoms with E-state index in [0.717, 1.165) is 32.7 Å². The minimum absolute atomic E-state index is 0.0240. The number of rotatable bonds is 6. The van der Waals surface area contributed by atoms with Crippen molar-refractivity contribution in [2.45, 2.75) is 26.7 Å². The number of carbonyl (C=O) groups excluding carboxylic acids is 1. The Morgan fingerprint density at radius 1 is 1.26 bits per heavy atom. The lowest BCUT2D eigenvalue weighted by Gasteiger charge is -2.34. The van der Waals surface area contributed by atoms with E-state index < -0.39 is 0 Å². The van der Waals surface area contributed by atoms with E-state index in [2.05, 4.69) is 19.9 Å². The topological polar surface area (TPSA) is 96.6 Å². The summed E-state index contributed by atoms with van der Waals surface area (Å²) in [6.45, 7) is 9.84. The van der Waals surface area contributed by atoms with Crippen molar-refractivity contribution in [3.63, 3.8) is 0 Å². The smallest absolute Gasteiger partial charge is 0.241 e. The summed E-state index contributed by atoms with van der Waals surface area (Å²) in [6, 6.07) is 0. The number of imidazole rings is 1. The molecule has 3 heterocycles. The zero-order valence-electron chi connectivity index (χ0n) is 16.0. The van der Waals surface area contributed by atoms with Crippen LogP contribution in [0.3, 0.4) is 0 Å². The van der Waals surface area contributed by atoms with E-state index in [-0.39, 0.29) is 17.7 Å². The van der Waals surface area contributed by atoms with Gasteiger partial charge in [0.1, 0.15) is 12.9 Å². The maximum atomic E-state index is 11.4. The first-order chi connectivity index (χ1) is 13.0. The molecule has 1 aliphatic rings. The van der Waals surface area contributed by atoms with Crippen molar-refractivity contribution in [3.05, 3.63) is 24.3 Å². The van der Waals surface area contributed by atoms with E-state index in [1.54, 1.807) is 30.2 Å². The van der Waals surface area contributed by atoms with E-state index in [9.17, 15) is 9.90 Å². The molecule has 0 aliphatic carbocycles. The molecule has 1 aliphatic heterocycles. The molecule has 2 aromatic heterocycles. The molecule has 9 nitrogen and oxygen atoms in total. The van der Waals surface area contributed by atoms with Crippen molar-refractivity contribution < 1.29 is 14.6 Å². The van der Waals surface area contributed by atoms with Gasteiger partial charge in [0.05, 0.1) is 5.56 Å². The van der Waals surface area contributed by atoms with Gasteiger partial charge in [-0.2, -0.15) is 9.97 Å². The van der Waals surface area contributed by atoms with Crippen LogP contribution in [0.5, 0.6) is 11.8 Å². The van der Waals surface area contributed by atoms with E-state index in [0.29, 0.717) is 24.0 Å². The molecule has 0 spiro atoms. The molecule has 1 N–H and O–H groups in total. The fourth-order valence-corrected chi connectivity index (χ4v) is 3.09. The molecule has 1 fully saturated rings. The average Bonchev–Trinajstić information content (AvgIpc) is 3.16. The van der Waals surface area contributed by atoms with E-state index >= 15 is 0 Å². The second-order valence-electron chi connectivity index (χ2n) is 6.89. The summed E-state index contributed by atoms with van der Waals surface area (Å²) in [7, 11) is 0. The highest BCUT2D eigenvalue weighted by atomic mass is 16.5. The van der Waals surface area contributed by atoms with Crippen molar-refractivity contribution >= 4 is 5.91 Å². The number of aromatic hydroxyl groups is 1. The molecule has 1 amide bonds. The number of nitrogens with zero attached hydrogens (tertiary/aromatic N) is 6. The third-order valence-electron chi connectivity index (χ3n) is 4.66. The molecule has 0 bridgehead atoms. The van der Waals surface area contributed by atoms with Gasteiger partial charge in [0, 0.05) is 52.0 Å². The lowest BCUT2D eigenvalue weighted by Crippen LogP contribution is -2.48. The van der Waals surface area contributed by atoms with Gasteiger partial charge in [0.2, 0.25) is 23.6 Å². The standard InChI is InChI=1S/C18H26N6O3/c1-13(2)15-16(26)20-18(24-5-4-19-12-24)21-17(15)27-11-10-22-6-8-23(9-7-22)14(3)25/h4-5,12-13H,6-11H2,1-3H3,(H,20,21,26). The van der Waals surface area contributed by atoms with Gasteiger partial charge in [0.15, 0.2) is 0 Å². The van der Waals surface area contributed by atoms with Crippen molar-refractivity contribution in [2.24, 2.45) is 0 Å². The Morgan fingerprint density at radius 2 is 2.00 bits per heavy atom. The Labute approximate surface area is 158 Å². The maximum absolute atomic E-state index is 11.4. The van der Waals surface area contributed by atoms with Crippen molar-refractivity contribution in [1.82, 2.24) is 29.3 Å². The Kier molecular flexibility index (Phi) is 5.90. The van der Waals surface area contributed by atoms with Crippen LogP contribution in [0.1, 0.15) is 32.3 Å². The molecular formula is C18H26N6O3. The van der Waals surface area contributed by atoms with Gasteiger partial charge in [-0.25, -0.2) is 4.98 Å². The summed E-state index contributed by atoms with van der Waals surface area (Å²) in [5.74, 6) is 0.781. The zero-order chi connectivity index (χ0) is 19.4. The highest BCUT2D eigenvalue weighted by molar-refractivity contribution is 5.73. The van der Waals surface area contributed by atoms with Gasteiger partial charge in [-0.05, 0) is 5.92 Å². The molecular weight excluding hydrogens is 348 g/mol. The molecule has 0 atom stereocenters. The summed E-state index contributed by atoms with van der Waals surface area (Å²) in [5.41, 5.74) is 0.597. The monoisotopic (exact) mass is 374 g/mol. The Bertz CT molecular complexity index is 770. The van der Waals surface area contributed by atoms with Crippen LogP contribution < -0.4 is 4.74 Å². The van der Waals surface area contributed by atoms with Crippen molar-refractivity contribution in [2.75, 3.05) is 39.3 Å². The van der Waals surface area contributed by atoms with Gasteiger partial charge in [-0.1, -0.05) is 13.8 Å². The molecule has 0 unspecified atom stereocenters. The number of piperazine rings is 1. The fraction of sp³-hybridized carbons (Fsp3) is 0.556. The Hall–Kier alpha value is -2.68. The first-order valence-electron chi connectivity index (χ1n) is 9.15. The SMILES string of the molecule is CC(=O)N1CCN(CCOc2nc(-n3ccnc3)nc(O)c2C(C)C)CC1. The molecule has 9 heteroatoms. The average molecular weight is 374 g/mol. The normalized spacial score (nSPS) is 15.3. The second-order valence-corrected chi connectivity index (χ2v) is 6.89. The molecule has 0 radical (unpaired) electrons. The van der Waals surface area contributed by atoms with E-state index in [4.69, 9.17) is 4.74 Å². The summed E-state index contributed by atoms with van der Waals surface area (Å²) in [4.78, 5) is 28.1. The van der Waals surface area contributed by atoms with Crippen molar-refractivity contribution in [3.8, 4) is 17.7 Å². The highest BCUT2D eigenvalue weighted by Gasteiger charge is 2.21. The number of aromatic nitrogens is 4. The van der Waals surface area contributed by atoms with Crippen LogP contribution in [-0.4, -0.2) is 79.7 Å². The molecule has 1 saturated heterocycles. The Morgan fingerprint density at radius 3 is 2.59 bits per heavy atom. The third kappa shape index (κ3) is 4.54. The van der Waals surface area contributed by atoms with Gasteiger partial charge < -0.3 is 14.7 Å². The Balaban J connectivity index is 1.66. The van der Waals surface area contributed by atoms with Gasteiger partial charge in [-0.15, -0.1) is 0 Å². The summed E-state index contributed by atoms with van der Waals surface area (Å²) < 4.78 is 7.55. The zero-order valence-corrected chi connectivity index (χ0v) is 16.0. The maximum Gasteiger partial charge on any atom is 0.241 e. The highest BCUT2D eigenvalue weighted by Crippen LogP contribution is 2.32. The van der Waals surface area contributed by atoms with Gasteiger partial charge in [0.25, 0.3) is 0 Å². The first kappa shape index (κ1) is 19.1. The fourth-order valence-electron chi connectivity index (χ4n) is 3.09. The quantitative estimate of drug-likeness (QED) is 0.807. The van der Waals surface area contributed by atoms with Crippen LogP contribution in [0.15, 0.2) is 18.7 Å². The minimum Gasteiger partial charge on any atom is -0.493 e. The number of ether oxygens (including phenoxy) is 1. The minimum atomic E-state index is -0.0752. The molecule has 2 aromatic rings. The van der Waals surface area contributed by atoms with Crippen molar-refractivity contribution in [1.29, 1.82) is 0 Å². The largest absolute Gasteiger partial charge is 0.493 e. The third-order valence-corrected chi connectivity index (χ3v) is 4.66. The number of hydrogen-bond acceptors (Lipinski definition) is 7. The van der Waals surface area contributed by atoms with Crippen LogP contribution in [-0.2, 0) is 4.79 Å². The molecule has 0 saturated carbocycles. The molecule has 3 rings (SSSR count). The van der Waals surface area contributed by atoms with Crippen LogP contribution >= 0.6 is 0 Å². The molecule has 146 valence electrons. The van der Waals surface area contributed by atoms with E-state index in [1.165, 1.54) is 0 Å². The number of amides is 1. The predicted molar refractivity (Wildman–Crippen MR) is 99.1 cm³/mol. The second kappa shape index (κ2) is 8.34. The number of carbonyl (C=O) groups is 1.